The summed E-state index contributed by atoms with van der Waals surface area (Å²) in [6.45, 7) is 10.0. The molecule has 0 aromatic heterocycles. The van der Waals surface area contributed by atoms with Gasteiger partial charge >= 0.3 is 12.1 Å². The quantitative estimate of drug-likeness (QED) is 0.654. The lowest BCUT2D eigenvalue weighted by molar-refractivity contribution is -0.142. The van der Waals surface area contributed by atoms with Crippen molar-refractivity contribution in [1.29, 1.82) is 0 Å². The topological polar surface area (TPSA) is 67.9 Å². The molecule has 1 aliphatic rings. The summed E-state index contributed by atoms with van der Waals surface area (Å²) >= 11 is 0. The number of carbonyl (C=O) groups is 2. The zero-order valence-electron chi connectivity index (χ0n) is 19.5. The van der Waals surface area contributed by atoms with Gasteiger partial charge in [-0.25, -0.2) is 4.79 Å². The van der Waals surface area contributed by atoms with E-state index < -0.39 is 11.7 Å². The number of likely N-dealkylation sites (tertiary alicyclic amines) is 1. The lowest BCUT2D eigenvalue weighted by Crippen LogP contribution is -2.42. The SMILES string of the molecule is CCOC(=O)Cc1ccccc1[C@@H]1CN(Cc2ccccc2)C[C@H]1NC(=O)OC(C)(C)C. The van der Waals surface area contributed by atoms with Crippen molar-refractivity contribution >= 4 is 12.1 Å². The van der Waals surface area contributed by atoms with Crippen molar-refractivity contribution < 1.29 is 19.1 Å². The van der Waals surface area contributed by atoms with Crippen LogP contribution in [0.5, 0.6) is 0 Å². The number of rotatable bonds is 7. The number of hydrogen-bond acceptors (Lipinski definition) is 5. The third kappa shape index (κ3) is 6.82. The Bertz CT molecular complexity index is 908. The Kier molecular flexibility index (Phi) is 7.91. The Hall–Kier alpha value is -2.86. The molecule has 1 heterocycles. The minimum absolute atomic E-state index is 0.0388. The largest absolute Gasteiger partial charge is 0.466 e. The van der Waals surface area contributed by atoms with E-state index in [2.05, 4.69) is 28.4 Å². The molecule has 0 aliphatic carbocycles. The van der Waals surface area contributed by atoms with Crippen molar-refractivity contribution in [2.45, 2.75) is 58.2 Å². The third-order valence-corrected chi connectivity index (χ3v) is 5.44. The fourth-order valence-electron chi connectivity index (χ4n) is 4.20. The number of nitrogens with zero attached hydrogens (tertiary/aromatic N) is 1. The Morgan fingerprint density at radius 1 is 1.03 bits per heavy atom. The molecule has 2 aromatic carbocycles. The first-order chi connectivity index (χ1) is 15.2. The molecule has 172 valence electrons. The fourth-order valence-corrected chi connectivity index (χ4v) is 4.20. The van der Waals surface area contributed by atoms with Gasteiger partial charge in [0, 0.05) is 25.6 Å². The van der Waals surface area contributed by atoms with Crippen molar-refractivity contribution in [3.63, 3.8) is 0 Å². The van der Waals surface area contributed by atoms with E-state index in [1.807, 2.05) is 64.1 Å². The summed E-state index contributed by atoms with van der Waals surface area (Å²) in [6, 6.07) is 18.1. The van der Waals surface area contributed by atoms with E-state index in [1.54, 1.807) is 0 Å². The molecule has 0 spiro atoms. The van der Waals surface area contributed by atoms with Crippen LogP contribution in [0.3, 0.4) is 0 Å². The molecule has 1 saturated heterocycles. The van der Waals surface area contributed by atoms with Gasteiger partial charge in [0.25, 0.3) is 0 Å². The van der Waals surface area contributed by atoms with Gasteiger partial charge in [0.15, 0.2) is 0 Å². The molecule has 6 heteroatoms. The average molecular weight is 439 g/mol. The summed E-state index contributed by atoms with van der Waals surface area (Å²) in [7, 11) is 0. The molecule has 0 radical (unpaired) electrons. The second-order valence-corrected chi connectivity index (χ2v) is 9.22. The molecule has 32 heavy (non-hydrogen) atoms. The zero-order valence-corrected chi connectivity index (χ0v) is 19.5. The van der Waals surface area contributed by atoms with Gasteiger partial charge in [-0.15, -0.1) is 0 Å². The lowest BCUT2D eigenvalue weighted by Gasteiger charge is -2.25. The summed E-state index contributed by atoms with van der Waals surface area (Å²) in [5.41, 5.74) is 2.67. The van der Waals surface area contributed by atoms with E-state index in [-0.39, 0.29) is 24.3 Å². The van der Waals surface area contributed by atoms with Crippen LogP contribution in [0.15, 0.2) is 54.6 Å². The van der Waals surface area contributed by atoms with E-state index in [0.717, 1.165) is 24.2 Å². The van der Waals surface area contributed by atoms with E-state index in [0.29, 0.717) is 13.2 Å². The molecule has 1 aliphatic heterocycles. The van der Waals surface area contributed by atoms with E-state index >= 15 is 0 Å². The molecule has 1 amide bonds. The summed E-state index contributed by atoms with van der Waals surface area (Å²) in [5.74, 6) is -0.201. The molecule has 0 unspecified atom stereocenters. The second-order valence-electron chi connectivity index (χ2n) is 9.22. The number of ether oxygens (including phenoxy) is 2. The number of nitrogens with one attached hydrogen (secondary N) is 1. The highest BCUT2D eigenvalue weighted by Crippen LogP contribution is 2.32. The molecule has 2 aromatic rings. The van der Waals surface area contributed by atoms with E-state index in [9.17, 15) is 9.59 Å². The molecule has 3 rings (SSSR count). The van der Waals surface area contributed by atoms with Gasteiger partial charge in [-0.3, -0.25) is 9.69 Å². The second kappa shape index (κ2) is 10.6. The van der Waals surface area contributed by atoms with Crippen molar-refractivity contribution in [3.05, 3.63) is 71.3 Å². The number of carbonyl (C=O) groups excluding carboxylic acids is 2. The van der Waals surface area contributed by atoms with Crippen molar-refractivity contribution in [2.24, 2.45) is 0 Å². The standard InChI is InChI=1S/C26H34N2O4/c1-5-31-24(29)15-20-13-9-10-14-21(20)22-17-28(16-19-11-7-6-8-12-19)18-23(22)27-25(30)32-26(2,3)4/h6-14,22-23H,5,15-18H2,1-4H3,(H,27,30)/t22-,23+/m0/s1. The Morgan fingerprint density at radius 3 is 2.41 bits per heavy atom. The lowest BCUT2D eigenvalue weighted by atomic mass is 9.89. The van der Waals surface area contributed by atoms with Gasteiger partial charge in [0.2, 0.25) is 0 Å². The van der Waals surface area contributed by atoms with Crippen molar-refractivity contribution in [3.8, 4) is 0 Å². The molecule has 1 N–H and O–H groups in total. The summed E-state index contributed by atoms with van der Waals surface area (Å²) in [4.78, 5) is 27.1. The first-order valence-electron chi connectivity index (χ1n) is 11.2. The Balaban J connectivity index is 1.83. The Morgan fingerprint density at radius 2 is 1.72 bits per heavy atom. The van der Waals surface area contributed by atoms with E-state index in [4.69, 9.17) is 9.47 Å². The van der Waals surface area contributed by atoms with Gasteiger partial charge in [0.1, 0.15) is 5.60 Å². The number of hydrogen-bond donors (Lipinski definition) is 1. The highest BCUT2D eigenvalue weighted by molar-refractivity contribution is 5.73. The van der Waals surface area contributed by atoms with Crippen LogP contribution in [-0.2, 0) is 27.2 Å². The van der Waals surface area contributed by atoms with Crippen LogP contribution in [-0.4, -0.2) is 48.3 Å². The molecule has 6 nitrogen and oxygen atoms in total. The zero-order chi connectivity index (χ0) is 23.1. The first-order valence-corrected chi connectivity index (χ1v) is 11.2. The number of esters is 1. The fraction of sp³-hybridized carbons (Fsp3) is 0.462. The predicted molar refractivity (Wildman–Crippen MR) is 124 cm³/mol. The van der Waals surface area contributed by atoms with Gasteiger partial charge in [-0.05, 0) is 44.4 Å². The van der Waals surface area contributed by atoms with Gasteiger partial charge < -0.3 is 14.8 Å². The van der Waals surface area contributed by atoms with Crippen molar-refractivity contribution in [2.75, 3.05) is 19.7 Å². The number of amides is 1. The van der Waals surface area contributed by atoms with Crippen LogP contribution in [0.2, 0.25) is 0 Å². The maximum Gasteiger partial charge on any atom is 0.407 e. The average Bonchev–Trinajstić information content (AvgIpc) is 3.09. The van der Waals surface area contributed by atoms with Gasteiger partial charge in [-0.2, -0.15) is 0 Å². The molecular weight excluding hydrogens is 404 g/mol. The van der Waals surface area contributed by atoms with Crippen LogP contribution < -0.4 is 5.32 Å². The van der Waals surface area contributed by atoms with Crippen molar-refractivity contribution in [1.82, 2.24) is 10.2 Å². The molecule has 0 saturated carbocycles. The maximum atomic E-state index is 12.6. The summed E-state index contributed by atoms with van der Waals surface area (Å²) < 4.78 is 10.7. The van der Waals surface area contributed by atoms with Crippen LogP contribution >= 0.6 is 0 Å². The molecule has 0 bridgehead atoms. The van der Waals surface area contributed by atoms with Crippen LogP contribution in [0, 0.1) is 0 Å². The first kappa shape index (κ1) is 23.8. The summed E-state index contributed by atoms with van der Waals surface area (Å²) in [6.07, 6.45) is -0.199. The molecule has 2 atom stereocenters. The number of benzene rings is 2. The summed E-state index contributed by atoms with van der Waals surface area (Å²) in [5, 5.41) is 3.09. The van der Waals surface area contributed by atoms with E-state index in [1.165, 1.54) is 5.56 Å². The predicted octanol–water partition coefficient (Wildman–Crippen LogP) is 4.28. The van der Waals surface area contributed by atoms with Crippen LogP contribution in [0.25, 0.3) is 0 Å². The highest BCUT2D eigenvalue weighted by Gasteiger charge is 2.37. The van der Waals surface area contributed by atoms with Crippen LogP contribution in [0.4, 0.5) is 4.79 Å². The minimum Gasteiger partial charge on any atom is -0.466 e. The van der Waals surface area contributed by atoms with Crippen LogP contribution in [0.1, 0.15) is 50.3 Å². The third-order valence-electron chi connectivity index (χ3n) is 5.44. The normalized spacial score (nSPS) is 18.9. The minimum atomic E-state index is -0.566. The number of alkyl carbamates (subject to hydrolysis) is 1. The van der Waals surface area contributed by atoms with Gasteiger partial charge in [0.05, 0.1) is 19.1 Å². The molecular formula is C26H34N2O4. The smallest absolute Gasteiger partial charge is 0.407 e. The molecule has 1 fully saturated rings. The monoisotopic (exact) mass is 438 g/mol. The maximum absolute atomic E-state index is 12.6. The Labute approximate surface area is 190 Å². The highest BCUT2D eigenvalue weighted by atomic mass is 16.6. The van der Waals surface area contributed by atoms with Gasteiger partial charge in [-0.1, -0.05) is 54.6 Å².